The number of methoxy groups -OCH3 is 2. The number of aliphatic hydroxyl groups excluding tert-OH is 1. The number of benzene rings is 2. The van der Waals surface area contributed by atoms with Gasteiger partial charge in [0.25, 0.3) is 0 Å². The molecule has 2 aromatic rings. The molecule has 0 aliphatic heterocycles. The first-order chi connectivity index (χ1) is 10.3. The predicted molar refractivity (Wildman–Crippen MR) is 80.9 cm³/mol. The van der Waals surface area contributed by atoms with Gasteiger partial charge in [-0.05, 0) is 23.8 Å². The van der Waals surface area contributed by atoms with Gasteiger partial charge in [-0.2, -0.15) is 0 Å². The molecule has 0 aliphatic rings. The third-order valence-corrected chi connectivity index (χ3v) is 3.17. The van der Waals surface area contributed by atoms with Gasteiger partial charge in [-0.15, -0.1) is 0 Å². The van der Waals surface area contributed by atoms with Crippen LogP contribution >= 0.6 is 0 Å². The van der Waals surface area contributed by atoms with Crippen molar-refractivity contribution in [3.63, 3.8) is 0 Å². The highest BCUT2D eigenvalue weighted by atomic mass is 16.5. The molecular weight excluding hydrogens is 268 g/mol. The Morgan fingerprint density at radius 3 is 2.57 bits per heavy atom. The summed E-state index contributed by atoms with van der Waals surface area (Å²) in [5.74, 6) is 1.37. The maximum Gasteiger partial charge on any atom is 0.125 e. The molecule has 1 atom stereocenters. The Morgan fingerprint density at radius 1 is 1.00 bits per heavy atom. The van der Waals surface area contributed by atoms with Crippen molar-refractivity contribution in [1.82, 2.24) is 0 Å². The Balaban J connectivity index is 2.23. The third-order valence-electron chi connectivity index (χ3n) is 3.17. The molecule has 0 aromatic heterocycles. The summed E-state index contributed by atoms with van der Waals surface area (Å²) in [4.78, 5) is 0. The zero-order valence-electron chi connectivity index (χ0n) is 12.3. The van der Waals surface area contributed by atoms with Gasteiger partial charge in [-0.3, -0.25) is 0 Å². The third kappa shape index (κ3) is 3.97. The minimum Gasteiger partial charge on any atom is -0.497 e. The van der Waals surface area contributed by atoms with Gasteiger partial charge in [0.2, 0.25) is 0 Å². The van der Waals surface area contributed by atoms with Gasteiger partial charge >= 0.3 is 0 Å². The molecule has 2 rings (SSSR count). The number of para-hydroxylation sites is 1. The van der Waals surface area contributed by atoms with Crippen LogP contribution in [-0.2, 0) is 4.74 Å². The zero-order valence-corrected chi connectivity index (χ0v) is 12.3. The standard InChI is InChI=1S/C17H20O4/c1-19-10-11-21-16-9-4-3-8-15(16)17(18)13-6-5-7-14(12-13)20-2/h3-9,12,17-18H,10-11H2,1-2H3. The van der Waals surface area contributed by atoms with Gasteiger partial charge in [-0.1, -0.05) is 30.3 Å². The molecular formula is C17H20O4. The summed E-state index contributed by atoms with van der Waals surface area (Å²) in [6.45, 7) is 0.946. The molecule has 0 saturated heterocycles. The van der Waals surface area contributed by atoms with E-state index >= 15 is 0 Å². The zero-order chi connectivity index (χ0) is 15.1. The van der Waals surface area contributed by atoms with Crippen LogP contribution in [0.2, 0.25) is 0 Å². The molecule has 2 aromatic carbocycles. The van der Waals surface area contributed by atoms with E-state index in [9.17, 15) is 5.11 Å². The SMILES string of the molecule is COCCOc1ccccc1C(O)c1cccc(OC)c1. The van der Waals surface area contributed by atoms with Gasteiger partial charge < -0.3 is 19.3 Å². The van der Waals surface area contributed by atoms with Crippen LogP contribution in [0.15, 0.2) is 48.5 Å². The first-order valence-electron chi connectivity index (χ1n) is 6.79. The fourth-order valence-electron chi connectivity index (χ4n) is 2.06. The van der Waals surface area contributed by atoms with E-state index in [-0.39, 0.29) is 0 Å². The molecule has 21 heavy (non-hydrogen) atoms. The van der Waals surface area contributed by atoms with Crippen molar-refractivity contribution in [2.45, 2.75) is 6.10 Å². The second-order valence-electron chi connectivity index (χ2n) is 4.56. The molecule has 0 heterocycles. The largest absolute Gasteiger partial charge is 0.497 e. The fraction of sp³-hybridized carbons (Fsp3) is 0.294. The second kappa shape index (κ2) is 7.67. The maximum atomic E-state index is 10.6. The lowest BCUT2D eigenvalue weighted by Crippen LogP contribution is -2.08. The van der Waals surface area contributed by atoms with Gasteiger partial charge in [0.05, 0.1) is 13.7 Å². The minimum atomic E-state index is -0.765. The predicted octanol–water partition coefficient (Wildman–Crippen LogP) is 2.80. The van der Waals surface area contributed by atoms with Crippen LogP contribution in [0.5, 0.6) is 11.5 Å². The maximum absolute atomic E-state index is 10.6. The molecule has 0 saturated carbocycles. The van der Waals surface area contributed by atoms with E-state index in [1.165, 1.54) is 0 Å². The van der Waals surface area contributed by atoms with Crippen molar-refractivity contribution in [3.05, 3.63) is 59.7 Å². The molecule has 4 heteroatoms. The van der Waals surface area contributed by atoms with Gasteiger partial charge in [0, 0.05) is 12.7 Å². The normalized spacial score (nSPS) is 12.0. The molecule has 1 unspecified atom stereocenters. The van der Waals surface area contributed by atoms with Crippen LogP contribution in [0.25, 0.3) is 0 Å². The molecule has 0 radical (unpaired) electrons. The Morgan fingerprint density at radius 2 is 1.81 bits per heavy atom. The van der Waals surface area contributed by atoms with Crippen molar-refractivity contribution >= 4 is 0 Å². The van der Waals surface area contributed by atoms with Crippen LogP contribution in [0.4, 0.5) is 0 Å². The number of aliphatic hydroxyl groups is 1. The van der Waals surface area contributed by atoms with E-state index < -0.39 is 6.10 Å². The average molecular weight is 288 g/mol. The number of rotatable bonds is 7. The summed E-state index contributed by atoms with van der Waals surface area (Å²) in [5, 5.41) is 10.6. The smallest absolute Gasteiger partial charge is 0.125 e. The van der Waals surface area contributed by atoms with E-state index in [4.69, 9.17) is 14.2 Å². The van der Waals surface area contributed by atoms with E-state index in [1.54, 1.807) is 14.2 Å². The lowest BCUT2D eigenvalue weighted by molar-refractivity contribution is 0.142. The highest BCUT2D eigenvalue weighted by molar-refractivity contribution is 5.42. The average Bonchev–Trinajstić information content (AvgIpc) is 2.55. The van der Waals surface area contributed by atoms with Crippen molar-refractivity contribution in [3.8, 4) is 11.5 Å². The quantitative estimate of drug-likeness (QED) is 0.796. The van der Waals surface area contributed by atoms with E-state index in [0.29, 0.717) is 24.7 Å². The van der Waals surface area contributed by atoms with Crippen molar-refractivity contribution in [2.24, 2.45) is 0 Å². The lowest BCUT2D eigenvalue weighted by Gasteiger charge is -2.17. The first kappa shape index (κ1) is 15.4. The Hall–Kier alpha value is -2.04. The summed E-state index contributed by atoms with van der Waals surface area (Å²) in [5.41, 5.74) is 1.49. The summed E-state index contributed by atoms with van der Waals surface area (Å²) < 4.78 is 15.8. The highest BCUT2D eigenvalue weighted by Crippen LogP contribution is 2.31. The van der Waals surface area contributed by atoms with Crippen LogP contribution in [0, 0.1) is 0 Å². The highest BCUT2D eigenvalue weighted by Gasteiger charge is 2.15. The van der Waals surface area contributed by atoms with Gasteiger partial charge in [0.15, 0.2) is 0 Å². The number of hydrogen-bond acceptors (Lipinski definition) is 4. The van der Waals surface area contributed by atoms with Gasteiger partial charge in [-0.25, -0.2) is 0 Å². The van der Waals surface area contributed by atoms with Crippen LogP contribution in [-0.4, -0.2) is 32.5 Å². The number of ether oxygens (including phenoxy) is 3. The van der Waals surface area contributed by atoms with E-state index in [2.05, 4.69) is 0 Å². The monoisotopic (exact) mass is 288 g/mol. The molecule has 0 amide bonds. The minimum absolute atomic E-state index is 0.443. The molecule has 1 N–H and O–H groups in total. The Kier molecular flexibility index (Phi) is 5.60. The van der Waals surface area contributed by atoms with Crippen LogP contribution in [0.3, 0.4) is 0 Å². The van der Waals surface area contributed by atoms with Crippen molar-refractivity contribution < 1.29 is 19.3 Å². The van der Waals surface area contributed by atoms with Crippen LogP contribution in [0.1, 0.15) is 17.2 Å². The molecule has 0 spiro atoms. The second-order valence-corrected chi connectivity index (χ2v) is 4.56. The van der Waals surface area contributed by atoms with Crippen molar-refractivity contribution in [1.29, 1.82) is 0 Å². The van der Waals surface area contributed by atoms with Crippen molar-refractivity contribution in [2.75, 3.05) is 27.4 Å². The summed E-state index contributed by atoms with van der Waals surface area (Å²) in [6.07, 6.45) is -0.765. The molecule has 4 nitrogen and oxygen atoms in total. The number of hydrogen-bond donors (Lipinski definition) is 1. The summed E-state index contributed by atoms with van der Waals surface area (Å²) in [7, 11) is 3.23. The molecule has 0 aliphatic carbocycles. The van der Waals surface area contributed by atoms with E-state index in [1.807, 2.05) is 48.5 Å². The summed E-state index contributed by atoms with van der Waals surface area (Å²) >= 11 is 0. The molecule has 0 bridgehead atoms. The molecule has 0 fully saturated rings. The fourth-order valence-corrected chi connectivity index (χ4v) is 2.06. The van der Waals surface area contributed by atoms with Gasteiger partial charge in [0.1, 0.15) is 24.2 Å². The topological polar surface area (TPSA) is 47.9 Å². The lowest BCUT2D eigenvalue weighted by atomic mass is 10.0. The molecule has 112 valence electrons. The Bertz CT molecular complexity index is 568. The van der Waals surface area contributed by atoms with E-state index in [0.717, 1.165) is 11.1 Å². The first-order valence-corrected chi connectivity index (χ1v) is 6.79. The Labute approximate surface area is 124 Å². The van der Waals surface area contributed by atoms with Crippen LogP contribution < -0.4 is 9.47 Å². The summed E-state index contributed by atoms with van der Waals surface area (Å²) in [6, 6.07) is 14.8.